The van der Waals surface area contributed by atoms with Crippen molar-refractivity contribution in [3.63, 3.8) is 0 Å². The first kappa shape index (κ1) is 17.1. The summed E-state index contributed by atoms with van der Waals surface area (Å²) in [7, 11) is 0. The molecule has 1 saturated heterocycles. The van der Waals surface area contributed by atoms with Gasteiger partial charge in [-0.2, -0.15) is 11.8 Å². The molecular formula is C12H25ClN2OS. The maximum absolute atomic E-state index is 12.0. The first-order valence-electron chi connectivity index (χ1n) is 6.20. The zero-order valence-electron chi connectivity index (χ0n) is 11.0. The molecule has 1 amide bonds. The van der Waals surface area contributed by atoms with Crippen LogP contribution in [0.1, 0.15) is 33.1 Å². The minimum Gasteiger partial charge on any atom is -0.352 e. The monoisotopic (exact) mass is 280 g/mol. The fourth-order valence-corrected chi connectivity index (χ4v) is 2.87. The lowest BCUT2D eigenvalue weighted by molar-refractivity contribution is -0.126. The highest BCUT2D eigenvalue weighted by molar-refractivity contribution is 7.98. The van der Waals surface area contributed by atoms with Crippen molar-refractivity contribution in [2.24, 2.45) is 5.92 Å². The minimum atomic E-state index is 0. The number of hydrogen-bond acceptors (Lipinski definition) is 3. The molecule has 0 radical (unpaired) electrons. The van der Waals surface area contributed by atoms with Gasteiger partial charge in [0, 0.05) is 23.8 Å². The van der Waals surface area contributed by atoms with Crippen LogP contribution in [0.3, 0.4) is 0 Å². The summed E-state index contributed by atoms with van der Waals surface area (Å²) in [5.74, 6) is 1.49. The van der Waals surface area contributed by atoms with Crippen molar-refractivity contribution < 1.29 is 4.79 Å². The molecule has 1 aliphatic rings. The molecule has 1 heterocycles. The summed E-state index contributed by atoms with van der Waals surface area (Å²) in [6.07, 6.45) is 5.06. The van der Waals surface area contributed by atoms with E-state index in [2.05, 4.69) is 30.7 Å². The van der Waals surface area contributed by atoms with Gasteiger partial charge in [0.1, 0.15) is 0 Å². The first-order chi connectivity index (χ1) is 7.67. The smallest absolute Gasteiger partial charge is 0.223 e. The highest BCUT2D eigenvalue weighted by Crippen LogP contribution is 2.16. The van der Waals surface area contributed by atoms with Gasteiger partial charge in [-0.25, -0.2) is 0 Å². The third-order valence-electron chi connectivity index (χ3n) is 3.20. The first-order valence-corrected chi connectivity index (χ1v) is 7.59. The highest BCUT2D eigenvalue weighted by Gasteiger charge is 2.25. The van der Waals surface area contributed by atoms with Crippen molar-refractivity contribution in [1.29, 1.82) is 0 Å². The molecule has 3 atom stereocenters. The molecule has 0 saturated carbocycles. The molecule has 2 N–H and O–H groups in total. The molecule has 1 fully saturated rings. The van der Waals surface area contributed by atoms with Crippen LogP contribution < -0.4 is 10.6 Å². The van der Waals surface area contributed by atoms with Crippen molar-refractivity contribution in [2.75, 3.05) is 18.6 Å². The molecule has 0 aromatic carbocycles. The van der Waals surface area contributed by atoms with Crippen LogP contribution in [0.4, 0.5) is 0 Å². The second-order valence-electron chi connectivity index (χ2n) is 4.65. The van der Waals surface area contributed by atoms with Crippen molar-refractivity contribution in [2.45, 2.75) is 45.2 Å². The normalized spacial score (nSPS) is 25.8. The number of nitrogens with one attached hydrogen (secondary N) is 2. The van der Waals surface area contributed by atoms with Gasteiger partial charge in [0.05, 0.1) is 0 Å². The number of amides is 1. The van der Waals surface area contributed by atoms with E-state index in [0.29, 0.717) is 12.1 Å². The van der Waals surface area contributed by atoms with E-state index in [9.17, 15) is 4.79 Å². The Labute approximate surface area is 115 Å². The van der Waals surface area contributed by atoms with Gasteiger partial charge in [0.2, 0.25) is 5.91 Å². The van der Waals surface area contributed by atoms with E-state index in [1.807, 2.05) is 0 Å². The van der Waals surface area contributed by atoms with Crippen LogP contribution in [-0.4, -0.2) is 36.5 Å². The number of carbonyl (C=O) groups is 1. The van der Waals surface area contributed by atoms with E-state index in [-0.39, 0.29) is 24.2 Å². The third kappa shape index (κ3) is 5.98. The summed E-state index contributed by atoms with van der Waals surface area (Å²) in [5.41, 5.74) is 0. The molecule has 5 heteroatoms. The van der Waals surface area contributed by atoms with E-state index >= 15 is 0 Å². The van der Waals surface area contributed by atoms with Gasteiger partial charge in [-0.3, -0.25) is 4.79 Å². The summed E-state index contributed by atoms with van der Waals surface area (Å²) < 4.78 is 0. The second kappa shape index (κ2) is 9.06. The van der Waals surface area contributed by atoms with Crippen molar-refractivity contribution in [3.05, 3.63) is 0 Å². The van der Waals surface area contributed by atoms with Gasteiger partial charge in [-0.05, 0) is 39.0 Å². The summed E-state index contributed by atoms with van der Waals surface area (Å²) in [6, 6.07) is 0.817. The van der Waals surface area contributed by atoms with Crippen LogP contribution in [0.25, 0.3) is 0 Å². The molecule has 0 aromatic rings. The molecule has 1 rings (SSSR count). The van der Waals surface area contributed by atoms with Crippen LogP contribution in [-0.2, 0) is 4.79 Å². The van der Waals surface area contributed by atoms with E-state index in [0.717, 1.165) is 31.6 Å². The average Bonchev–Trinajstić information content (AvgIpc) is 2.28. The van der Waals surface area contributed by atoms with Crippen LogP contribution in [0.2, 0.25) is 0 Å². The number of piperidine rings is 1. The number of thioether (sulfide) groups is 1. The fraction of sp³-hybridized carbons (Fsp3) is 0.917. The van der Waals surface area contributed by atoms with Crippen LogP contribution in [0.15, 0.2) is 0 Å². The predicted molar refractivity (Wildman–Crippen MR) is 78.0 cm³/mol. The van der Waals surface area contributed by atoms with Crippen molar-refractivity contribution in [1.82, 2.24) is 10.6 Å². The molecule has 102 valence electrons. The molecule has 0 bridgehead atoms. The Balaban J connectivity index is 0.00000256. The standard InChI is InChI=1S/C12H24N2OS.ClH/c1-4-11(8-16-3)14-12(15)10-5-6-13-9(2)7-10;/h9-11,13H,4-8H2,1-3H3,(H,14,15);1H/t9-,10-,11?;/m0./s1. The molecule has 3 nitrogen and oxygen atoms in total. The number of hydrogen-bond donors (Lipinski definition) is 2. The van der Waals surface area contributed by atoms with Crippen LogP contribution in [0, 0.1) is 5.92 Å². The Morgan fingerprint density at radius 3 is 2.82 bits per heavy atom. The van der Waals surface area contributed by atoms with Gasteiger partial charge >= 0.3 is 0 Å². The van der Waals surface area contributed by atoms with Gasteiger partial charge < -0.3 is 10.6 Å². The topological polar surface area (TPSA) is 41.1 Å². The molecule has 17 heavy (non-hydrogen) atoms. The number of rotatable bonds is 5. The van der Waals surface area contributed by atoms with Crippen molar-refractivity contribution >= 4 is 30.1 Å². The molecule has 0 spiro atoms. The summed E-state index contributed by atoms with van der Waals surface area (Å²) >= 11 is 1.80. The molecular weight excluding hydrogens is 256 g/mol. The van der Waals surface area contributed by atoms with E-state index < -0.39 is 0 Å². The van der Waals surface area contributed by atoms with Gasteiger partial charge in [-0.15, -0.1) is 12.4 Å². The Bertz CT molecular complexity index is 229. The number of carbonyl (C=O) groups excluding carboxylic acids is 1. The lowest BCUT2D eigenvalue weighted by Crippen LogP contribution is -2.45. The average molecular weight is 281 g/mol. The Morgan fingerprint density at radius 2 is 2.29 bits per heavy atom. The predicted octanol–water partition coefficient (Wildman–Crippen LogP) is 2.05. The van der Waals surface area contributed by atoms with Gasteiger partial charge in [0.15, 0.2) is 0 Å². The van der Waals surface area contributed by atoms with Crippen molar-refractivity contribution in [3.8, 4) is 0 Å². The van der Waals surface area contributed by atoms with Gasteiger partial charge in [-0.1, -0.05) is 6.92 Å². The lowest BCUT2D eigenvalue weighted by Gasteiger charge is -2.28. The maximum atomic E-state index is 12.0. The van der Waals surface area contributed by atoms with Crippen LogP contribution >= 0.6 is 24.2 Å². The molecule has 0 aromatic heterocycles. The maximum Gasteiger partial charge on any atom is 0.223 e. The lowest BCUT2D eigenvalue weighted by atomic mass is 9.92. The number of halogens is 1. The summed E-state index contributed by atoms with van der Waals surface area (Å²) in [4.78, 5) is 12.0. The van der Waals surface area contributed by atoms with Gasteiger partial charge in [0.25, 0.3) is 0 Å². The second-order valence-corrected chi connectivity index (χ2v) is 5.56. The highest BCUT2D eigenvalue weighted by atomic mass is 35.5. The Hall–Kier alpha value is 0.0700. The third-order valence-corrected chi connectivity index (χ3v) is 3.94. The van der Waals surface area contributed by atoms with E-state index in [4.69, 9.17) is 0 Å². The molecule has 1 aliphatic heterocycles. The zero-order valence-corrected chi connectivity index (χ0v) is 12.6. The molecule has 0 aliphatic carbocycles. The van der Waals surface area contributed by atoms with E-state index in [1.54, 1.807) is 11.8 Å². The Kier molecular flexibility index (Phi) is 9.10. The van der Waals surface area contributed by atoms with E-state index in [1.165, 1.54) is 0 Å². The quantitative estimate of drug-likeness (QED) is 0.810. The summed E-state index contributed by atoms with van der Waals surface area (Å²) in [6.45, 7) is 5.25. The minimum absolute atomic E-state index is 0. The molecule has 1 unspecified atom stereocenters. The SMILES string of the molecule is CCC(CSC)NC(=O)[C@H]1CCN[C@@H](C)C1.Cl. The largest absolute Gasteiger partial charge is 0.352 e. The summed E-state index contributed by atoms with van der Waals surface area (Å²) in [5, 5.41) is 6.55. The zero-order chi connectivity index (χ0) is 12.0. The fourth-order valence-electron chi connectivity index (χ4n) is 2.15. The Morgan fingerprint density at radius 1 is 1.59 bits per heavy atom. The van der Waals surface area contributed by atoms with Crippen LogP contribution in [0.5, 0.6) is 0 Å².